The normalized spacial score (nSPS) is 25.5. The van der Waals surface area contributed by atoms with Gasteiger partial charge in [-0.2, -0.15) is 5.10 Å². The van der Waals surface area contributed by atoms with Crippen molar-refractivity contribution in [2.45, 2.75) is 31.5 Å². The van der Waals surface area contributed by atoms with E-state index < -0.39 is 4.92 Å². The number of aryl methyl sites for hydroxylation is 1. The maximum atomic E-state index is 10.9. The summed E-state index contributed by atoms with van der Waals surface area (Å²) in [5, 5.41) is 24.3. The van der Waals surface area contributed by atoms with E-state index in [1.807, 2.05) is 0 Å². The Morgan fingerprint density at radius 2 is 2.35 bits per heavy atom. The zero-order chi connectivity index (χ0) is 12.4. The average molecular weight is 241 g/mol. The molecule has 2 heterocycles. The van der Waals surface area contributed by atoms with E-state index in [0.29, 0.717) is 31.6 Å². The van der Waals surface area contributed by atoms with Crippen molar-refractivity contribution in [3.05, 3.63) is 22.0 Å². The van der Waals surface area contributed by atoms with E-state index in [1.165, 1.54) is 10.9 Å². The zero-order valence-corrected chi connectivity index (χ0v) is 9.57. The van der Waals surface area contributed by atoms with E-state index in [4.69, 9.17) is 4.74 Å². The second-order valence-corrected chi connectivity index (χ2v) is 4.18. The summed E-state index contributed by atoms with van der Waals surface area (Å²) in [6.07, 6.45) is 2.23. The lowest BCUT2D eigenvalue weighted by molar-refractivity contribution is -0.386. The van der Waals surface area contributed by atoms with Gasteiger partial charge in [0.05, 0.1) is 11.0 Å². The highest BCUT2D eigenvalue weighted by molar-refractivity contribution is 5.34. The van der Waals surface area contributed by atoms with Gasteiger partial charge in [-0.3, -0.25) is 14.8 Å². The highest BCUT2D eigenvalue weighted by atomic mass is 16.6. The summed E-state index contributed by atoms with van der Waals surface area (Å²) in [4.78, 5) is 10.4. The molecule has 0 amide bonds. The van der Waals surface area contributed by atoms with Gasteiger partial charge in [0.2, 0.25) is 0 Å². The smallest absolute Gasteiger partial charge is 0.312 e. The SMILES string of the molecule is Cn1ncc([N+](=O)[O-])c1[C@@H]1CC[C@H](O)CCO1. The summed E-state index contributed by atoms with van der Waals surface area (Å²) < 4.78 is 7.04. The number of aliphatic hydroxyl groups excluding tert-OH is 1. The van der Waals surface area contributed by atoms with E-state index in [1.54, 1.807) is 7.05 Å². The van der Waals surface area contributed by atoms with E-state index in [9.17, 15) is 15.2 Å². The van der Waals surface area contributed by atoms with Gasteiger partial charge in [-0.1, -0.05) is 0 Å². The lowest BCUT2D eigenvalue weighted by atomic mass is 10.1. The van der Waals surface area contributed by atoms with Crippen molar-refractivity contribution in [3.8, 4) is 0 Å². The van der Waals surface area contributed by atoms with Gasteiger partial charge < -0.3 is 9.84 Å². The van der Waals surface area contributed by atoms with Crippen LogP contribution < -0.4 is 0 Å². The predicted molar refractivity (Wildman–Crippen MR) is 58.4 cm³/mol. The van der Waals surface area contributed by atoms with Crippen LogP contribution in [0.5, 0.6) is 0 Å². The molecule has 1 aliphatic heterocycles. The number of aromatic nitrogens is 2. The van der Waals surface area contributed by atoms with Crippen LogP contribution in [0, 0.1) is 10.1 Å². The van der Waals surface area contributed by atoms with Gasteiger partial charge in [-0.15, -0.1) is 0 Å². The molecule has 0 unspecified atom stereocenters. The molecule has 0 saturated carbocycles. The number of hydrogen-bond donors (Lipinski definition) is 1. The fourth-order valence-corrected chi connectivity index (χ4v) is 2.08. The summed E-state index contributed by atoms with van der Waals surface area (Å²) in [5.74, 6) is 0. The third-order valence-corrected chi connectivity index (χ3v) is 3.00. The van der Waals surface area contributed by atoms with Crippen LogP contribution in [0.4, 0.5) is 5.69 Å². The number of nitro groups is 1. The molecular formula is C10H15N3O4. The van der Waals surface area contributed by atoms with Crippen LogP contribution >= 0.6 is 0 Å². The van der Waals surface area contributed by atoms with Crippen molar-refractivity contribution in [1.82, 2.24) is 9.78 Å². The van der Waals surface area contributed by atoms with Gasteiger partial charge in [-0.25, -0.2) is 0 Å². The largest absolute Gasteiger partial charge is 0.393 e. The van der Waals surface area contributed by atoms with E-state index in [0.717, 1.165) is 0 Å². The van der Waals surface area contributed by atoms with Gasteiger partial charge >= 0.3 is 5.69 Å². The molecule has 7 heteroatoms. The zero-order valence-electron chi connectivity index (χ0n) is 9.57. The first kappa shape index (κ1) is 12.0. The molecule has 1 aromatic rings. The van der Waals surface area contributed by atoms with Gasteiger partial charge in [0, 0.05) is 13.7 Å². The lowest BCUT2D eigenvalue weighted by Gasteiger charge is -2.14. The maximum Gasteiger partial charge on any atom is 0.312 e. The summed E-state index contributed by atoms with van der Waals surface area (Å²) in [5.41, 5.74) is 0.456. The third kappa shape index (κ3) is 2.45. The minimum atomic E-state index is -0.451. The molecule has 2 rings (SSSR count). The summed E-state index contributed by atoms with van der Waals surface area (Å²) in [7, 11) is 1.66. The Labute approximate surface area is 98.1 Å². The molecule has 1 N–H and O–H groups in total. The molecule has 94 valence electrons. The molecule has 1 aromatic heterocycles. The van der Waals surface area contributed by atoms with Crippen LogP contribution in [0.3, 0.4) is 0 Å². The van der Waals surface area contributed by atoms with Gasteiger partial charge in [0.15, 0.2) is 0 Å². The average Bonchev–Trinajstić information content (AvgIpc) is 2.52. The number of aliphatic hydroxyl groups is 1. The lowest BCUT2D eigenvalue weighted by Crippen LogP contribution is -2.10. The second-order valence-electron chi connectivity index (χ2n) is 4.18. The standard InChI is InChI=1S/C10H15N3O4/c1-12-10(8(6-11-12)13(15)16)9-3-2-7(14)4-5-17-9/h6-7,9,14H,2-5H2,1H3/t7-,9-/m0/s1. The van der Waals surface area contributed by atoms with E-state index in [-0.39, 0.29) is 17.9 Å². The van der Waals surface area contributed by atoms with Crippen molar-refractivity contribution in [2.75, 3.05) is 6.61 Å². The molecule has 0 bridgehead atoms. The topological polar surface area (TPSA) is 90.4 Å². The highest BCUT2D eigenvalue weighted by Crippen LogP contribution is 2.32. The first-order valence-corrected chi connectivity index (χ1v) is 5.55. The molecule has 2 atom stereocenters. The second kappa shape index (κ2) is 4.80. The molecule has 0 radical (unpaired) electrons. The summed E-state index contributed by atoms with van der Waals surface area (Å²) >= 11 is 0. The Hall–Kier alpha value is -1.47. The van der Waals surface area contributed by atoms with Crippen LogP contribution in [0.15, 0.2) is 6.20 Å². The molecule has 7 nitrogen and oxygen atoms in total. The Bertz CT molecular complexity index is 418. The van der Waals surface area contributed by atoms with Crippen LogP contribution in [-0.4, -0.2) is 32.5 Å². The van der Waals surface area contributed by atoms with Crippen molar-refractivity contribution < 1.29 is 14.8 Å². The van der Waals surface area contributed by atoms with Crippen LogP contribution in [0.25, 0.3) is 0 Å². The van der Waals surface area contributed by atoms with Crippen molar-refractivity contribution in [3.63, 3.8) is 0 Å². The van der Waals surface area contributed by atoms with Crippen molar-refractivity contribution >= 4 is 5.69 Å². The molecule has 0 spiro atoms. The third-order valence-electron chi connectivity index (χ3n) is 3.00. The molecule has 1 saturated heterocycles. The van der Waals surface area contributed by atoms with Gasteiger partial charge in [-0.05, 0) is 19.3 Å². The number of hydrogen-bond acceptors (Lipinski definition) is 5. The molecule has 1 aliphatic rings. The first-order chi connectivity index (χ1) is 8.09. The van der Waals surface area contributed by atoms with Gasteiger partial charge in [0.1, 0.15) is 18.0 Å². The van der Waals surface area contributed by atoms with Crippen LogP contribution in [0.1, 0.15) is 31.1 Å². The van der Waals surface area contributed by atoms with Crippen molar-refractivity contribution in [1.29, 1.82) is 0 Å². The van der Waals surface area contributed by atoms with Crippen LogP contribution in [-0.2, 0) is 11.8 Å². The van der Waals surface area contributed by atoms with Crippen LogP contribution in [0.2, 0.25) is 0 Å². The Kier molecular flexibility index (Phi) is 3.39. The molecular weight excluding hydrogens is 226 g/mol. The highest BCUT2D eigenvalue weighted by Gasteiger charge is 2.29. The molecule has 0 aromatic carbocycles. The maximum absolute atomic E-state index is 10.9. The molecule has 0 aliphatic carbocycles. The van der Waals surface area contributed by atoms with Gasteiger partial charge in [0.25, 0.3) is 0 Å². The van der Waals surface area contributed by atoms with E-state index >= 15 is 0 Å². The summed E-state index contributed by atoms with van der Waals surface area (Å²) in [6.45, 7) is 0.411. The molecule has 1 fully saturated rings. The number of nitrogens with zero attached hydrogens (tertiary/aromatic N) is 3. The van der Waals surface area contributed by atoms with Crippen molar-refractivity contribution in [2.24, 2.45) is 7.05 Å². The Morgan fingerprint density at radius 1 is 1.59 bits per heavy atom. The minimum Gasteiger partial charge on any atom is -0.393 e. The molecule has 17 heavy (non-hydrogen) atoms. The first-order valence-electron chi connectivity index (χ1n) is 5.55. The number of rotatable bonds is 2. The quantitative estimate of drug-likeness (QED) is 0.614. The monoisotopic (exact) mass is 241 g/mol. The minimum absolute atomic E-state index is 0.0195. The fourth-order valence-electron chi connectivity index (χ4n) is 2.08. The Balaban J connectivity index is 2.26. The Morgan fingerprint density at radius 3 is 3.06 bits per heavy atom. The fraction of sp³-hybridized carbons (Fsp3) is 0.700. The predicted octanol–water partition coefficient (Wildman–Crippen LogP) is 0.931. The summed E-state index contributed by atoms with van der Waals surface area (Å²) in [6, 6.07) is 0. The number of ether oxygens (including phenoxy) is 1. The van der Waals surface area contributed by atoms with E-state index in [2.05, 4.69) is 5.10 Å².